The number of aliphatic carboxylic acids is 1. The van der Waals surface area contributed by atoms with Gasteiger partial charge in [0.1, 0.15) is 11.4 Å². The lowest BCUT2D eigenvalue weighted by atomic mass is 9.90. The Hall–Kier alpha value is -3.00. The minimum absolute atomic E-state index is 0.144. The van der Waals surface area contributed by atoms with E-state index in [1.54, 1.807) is 41.1 Å². The van der Waals surface area contributed by atoms with Crippen molar-refractivity contribution in [3.8, 4) is 0 Å². The molecule has 8 heteroatoms. The van der Waals surface area contributed by atoms with Gasteiger partial charge in [0.15, 0.2) is 0 Å². The highest BCUT2D eigenvalue weighted by molar-refractivity contribution is 7.07. The van der Waals surface area contributed by atoms with Crippen molar-refractivity contribution in [2.75, 3.05) is 4.90 Å². The van der Waals surface area contributed by atoms with Crippen molar-refractivity contribution in [1.82, 2.24) is 14.5 Å². The summed E-state index contributed by atoms with van der Waals surface area (Å²) in [6.45, 7) is 1.98. The van der Waals surface area contributed by atoms with Gasteiger partial charge in [-0.15, -0.1) is 11.3 Å². The molecular weight excluding hydrogens is 364 g/mol. The van der Waals surface area contributed by atoms with Crippen molar-refractivity contribution in [3.63, 3.8) is 0 Å². The average molecular weight is 384 g/mol. The van der Waals surface area contributed by atoms with Gasteiger partial charge < -0.3 is 9.67 Å². The van der Waals surface area contributed by atoms with Crippen LogP contribution in [0.5, 0.6) is 0 Å². The van der Waals surface area contributed by atoms with Crippen molar-refractivity contribution >= 4 is 29.0 Å². The van der Waals surface area contributed by atoms with Crippen LogP contribution in [0, 0.1) is 0 Å². The Morgan fingerprint density at radius 1 is 1.30 bits per heavy atom. The summed E-state index contributed by atoms with van der Waals surface area (Å²) in [4.78, 5) is 34.8. The van der Waals surface area contributed by atoms with Crippen LogP contribution >= 0.6 is 11.3 Å². The zero-order valence-electron chi connectivity index (χ0n) is 14.9. The number of nitrogens with zero attached hydrogens (tertiary/aromatic N) is 4. The van der Waals surface area contributed by atoms with Crippen LogP contribution < -0.4 is 4.90 Å². The van der Waals surface area contributed by atoms with Crippen molar-refractivity contribution in [2.24, 2.45) is 0 Å². The maximum absolute atomic E-state index is 13.1. The SMILES string of the molecule is C[C@@](Cc1ccccc1)(C(=O)O)N(C(=O)CCn1ccnc1)c1cscn1. The highest BCUT2D eigenvalue weighted by Crippen LogP contribution is 2.29. The summed E-state index contributed by atoms with van der Waals surface area (Å²) in [6.07, 6.45) is 5.35. The number of aromatic nitrogens is 3. The van der Waals surface area contributed by atoms with Gasteiger partial charge in [-0.1, -0.05) is 30.3 Å². The van der Waals surface area contributed by atoms with Crippen molar-refractivity contribution in [3.05, 3.63) is 65.5 Å². The van der Waals surface area contributed by atoms with E-state index >= 15 is 0 Å². The smallest absolute Gasteiger partial charge is 0.330 e. The first-order valence-corrected chi connectivity index (χ1v) is 9.39. The van der Waals surface area contributed by atoms with E-state index in [2.05, 4.69) is 9.97 Å². The molecule has 0 saturated heterocycles. The lowest BCUT2D eigenvalue weighted by Gasteiger charge is -2.37. The van der Waals surface area contributed by atoms with Crippen LogP contribution in [0.3, 0.4) is 0 Å². The van der Waals surface area contributed by atoms with Gasteiger partial charge in [0, 0.05) is 37.2 Å². The molecule has 0 spiro atoms. The number of imidazole rings is 1. The van der Waals surface area contributed by atoms with Crippen LogP contribution in [0.4, 0.5) is 5.82 Å². The molecule has 2 heterocycles. The van der Waals surface area contributed by atoms with Crippen molar-refractivity contribution < 1.29 is 14.7 Å². The van der Waals surface area contributed by atoms with Crippen LogP contribution in [0.15, 0.2) is 59.9 Å². The second kappa shape index (κ2) is 8.13. The molecule has 3 aromatic rings. The molecule has 0 radical (unpaired) electrons. The van der Waals surface area contributed by atoms with Gasteiger partial charge in [0.05, 0.1) is 11.8 Å². The first-order chi connectivity index (χ1) is 13.0. The highest BCUT2D eigenvalue weighted by atomic mass is 32.1. The fourth-order valence-corrected chi connectivity index (χ4v) is 3.49. The average Bonchev–Trinajstić information content (AvgIpc) is 3.35. The highest BCUT2D eigenvalue weighted by Gasteiger charge is 2.44. The molecule has 0 unspecified atom stereocenters. The van der Waals surface area contributed by atoms with E-state index in [0.717, 1.165) is 5.56 Å². The number of anilines is 1. The Bertz CT molecular complexity index is 881. The Kier molecular flexibility index (Phi) is 5.66. The molecule has 1 N–H and O–H groups in total. The molecule has 3 rings (SSSR count). The number of rotatable bonds is 8. The number of carboxylic acid groups (broad SMARTS) is 1. The largest absolute Gasteiger partial charge is 0.479 e. The minimum Gasteiger partial charge on any atom is -0.479 e. The zero-order valence-corrected chi connectivity index (χ0v) is 15.7. The van der Waals surface area contributed by atoms with Gasteiger partial charge in [-0.05, 0) is 12.5 Å². The van der Waals surface area contributed by atoms with Crippen LogP contribution in [0.25, 0.3) is 0 Å². The van der Waals surface area contributed by atoms with E-state index in [1.165, 1.54) is 16.2 Å². The number of aryl methyl sites for hydroxylation is 1. The monoisotopic (exact) mass is 384 g/mol. The molecule has 27 heavy (non-hydrogen) atoms. The molecule has 0 fully saturated rings. The molecule has 140 valence electrons. The fourth-order valence-electron chi connectivity index (χ4n) is 2.97. The topological polar surface area (TPSA) is 88.3 Å². The Labute approximate surface area is 160 Å². The molecule has 1 aromatic carbocycles. The quantitative estimate of drug-likeness (QED) is 0.645. The summed E-state index contributed by atoms with van der Waals surface area (Å²) < 4.78 is 1.78. The summed E-state index contributed by atoms with van der Waals surface area (Å²) in [5.41, 5.74) is 0.975. The lowest BCUT2D eigenvalue weighted by Crippen LogP contribution is -2.57. The molecule has 0 bridgehead atoms. The molecule has 2 aromatic heterocycles. The third-order valence-electron chi connectivity index (χ3n) is 4.39. The van der Waals surface area contributed by atoms with E-state index in [1.807, 2.05) is 30.3 Å². The number of carbonyl (C=O) groups is 2. The predicted molar refractivity (Wildman–Crippen MR) is 103 cm³/mol. The Morgan fingerprint density at radius 2 is 2.07 bits per heavy atom. The Balaban J connectivity index is 1.91. The number of benzene rings is 1. The summed E-state index contributed by atoms with van der Waals surface area (Å²) >= 11 is 1.32. The van der Waals surface area contributed by atoms with Gasteiger partial charge in [0.25, 0.3) is 0 Å². The predicted octanol–water partition coefficient (Wildman–Crippen LogP) is 2.85. The molecular formula is C19H20N4O3S. The summed E-state index contributed by atoms with van der Waals surface area (Å²) in [7, 11) is 0. The number of carboxylic acids is 1. The molecule has 7 nitrogen and oxygen atoms in total. The van der Waals surface area contributed by atoms with Gasteiger partial charge in [0.2, 0.25) is 5.91 Å². The van der Waals surface area contributed by atoms with E-state index in [0.29, 0.717) is 12.4 Å². The van der Waals surface area contributed by atoms with Crippen molar-refractivity contribution in [1.29, 1.82) is 0 Å². The minimum atomic E-state index is -1.46. The second-order valence-electron chi connectivity index (χ2n) is 6.37. The maximum Gasteiger partial charge on any atom is 0.330 e. The number of amides is 1. The van der Waals surface area contributed by atoms with E-state index in [9.17, 15) is 14.7 Å². The summed E-state index contributed by atoms with van der Waals surface area (Å²) in [6, 6.07) is 9.29. The molecule has 0 aliphatic carbocycles. The van der Waals surface area contributed by atoms with Crippen LogP contribution in [-0.2, 0) is 22.6 Å². The van der Waals surface area contributed by atoms with Gasteiger partial charge in [-0.3, -0.25) is 9.69 Å². The standard InChI is InChI=1S/C19H20N4O3S/c1-19(18(25)26,11-15-5-3-2-4-6-15)23(16-12-27-14-21-16)17(24)7-9-22-10-8-20-13-22/h2-6,8,10,12-14H,7,9,11H2,1H3,(H,25,26)/t19-/m1/s1. The molecule has 1 amide bonds. The molecule has 1 atom stereocenters. The number of hydrogen-bond donors (Lipinski definition) is 1. The van der Waals surface area contributed by atoms with Crippen LogP contribution in [0.2, 0.25) is 0 Å². The van der Waals surface area contributed by atoms with Gasteiger partial charge >= 0.3 is 5.97 Å². The third-order valence-corrected chi connectivity index (χ3v) is 4.96. The van der Waals surface area contributed by atoms with Gasteiger partial charge in [-0.25, -0.2) is 14.8 Å². The number of thiazole rings is 1. The maximum atomic E-state index is 13.1. The van der Waals surface area contributed by atoms with E-state index < -0.39 is 11.5 Å². The first-order valence-electron chi connectivity index (χ1n) is 8.45. The fraction of sp³-hybridized carbons (Fsp3) is 0.263. The van der Waals surface area contributed by atoms with E-state index in [-0.39, 0.29) is 18.7 Å². The van der Waals surface area contributed by atoms with Crippen LogP contribution in [-0.4, -0.2) is 37.1 Å². The van der Waals surface area contributed by atoms with E-state index in [4.69, 9.17) is 0 Å². The zero-order chi connectivity index (χ0) is 19.3. The molecule has 0 aliphatic rings. The molecule has 0 aliphatic heterocycles. The Morgan fingerprint density at radius 3 is 2.67 bits per heavy atom. The molecule has 0 saturated carbocycles. The third kappa shape index (κ3) is 4.22. The summed E-state index contributed by atoms with van der Waals surface area (Å²) in [5.74, 6) is -1.01. The summed E-state index contributed by atoms with van der Waals surface area (Å²) in [5, 5.41) is 11.7. The van der Waals surface area contributed by atoms with Gasteiger partial charge in [-0.2, -0.15) is 0 Å². The lowest BCUT2D eigenvalue weighted by molar-refractivity contribution is -0.144. The van der Waals surface area contributed by atoms with Crippen LogP contribution in [0.1, 0.15) is 18.9 Å². The van der Waals surface area contributed by atoms with Crippen molar-refractivity contribution in [2.45, 2.75) is 31.8 Å². The second-order valence-corrected chi connectivity index (χ2v) is 7.09. The number of hydrogen-bond acceptors (Lipinski definition) is 5. The first kappa shape index (κ1) is 18.8. The normalized spacial score (nSPS) is 13.1. The number of carbonyl (C=O) groups excluding carboxylic acids is 1.